The Hall–Kier alpha value is -2.08. The van der Waals surface area contributed by atoms with Crippen molar-refractivity contribution in [2.24, 2.45) is 0 Å². The maximum Gasteiger partial charge on any atom is 0.330 e. The minimum absolute atomic E-state index is 0.0463. The van der Waals surface area contributed by atoms with E-state index in [2.05, 4.69) is 5.10 Å². The predicted octanol–water partition coefficient (Wildman–Crippen LogP) is 2.08. The summed E-state index contributed by atoms with van der Waals surface area (Å²) in [6.45, 7) is 0.372. The summed E-state index contributed by atoms with van der Waals surface area (Å²) in [7, 11) is 0. The molecule has 0 saturated heterocycles. The fourth-order valence-electron chi connectivity index (χ4n) is 1.41. The van der Waals surface area contributed by atoms with Crippen LogP contribution in [0, 0.1) is 10.1 Å². The van der Waals surface area contributed by atoms with E-state index in [0.717, 1.165) is 11.8 Å². The van der Waals surface area contributed by atoms with E-state index in [1.165, 1.54) is 4.68 Å². The van der Waals surface area contributed by atoms with Gasteiger partial charge in [0.15, 0.2) is 0 Å². The van der Waals surface area contributed by atoms with Crippen molar-refractivity contribution in [1.82, 2.24) is 9.78 Å². The van der Waals surface area contributed by atoms with E-state index in [0.29, 0.717) is 11.6 Å². The summed E-state index contributed by atoms with van der Waals surface area (Å²) >= 11 is 5.76. The van der Waals surface area contributed by atoms with Crippen molar-refractivity contribution in [3.63, 3.8) is 0 Å². The minimum atomic E-state index is -0.555. The number of nitrogen functional groups attached to an aromatic ring is 1. The van der Waals surface area contributed by atoms with E-state index < -0.39 is 4.92 Å². The maximum absolute atomic E-state index is 10.6. The molecule has 2 rings (SSSR count). The predicted molar refractivity (Wildman–Crippen MR) is 63.8 cm³/mol. The van der Waals surface area contributed by atoms with Crippen LogP contribution in [0.4, 0.5) is 11.5 Å². The highest BCUT2D eigenvalue weighted by molar-refractivity contribution is 6.30. The molecule has 1 heterocycles. The Morgan fingerprint density at radius 2 is 2.06 bits per heavy atom. The summed E-state index contributed by atoms with van der Waals surface area (Å²) in [5.74, 6) is 0.0463. The van der Waals surface area contributed by atoms with Gasteiger partial charge in [0.05, 0.1) is 11.5 Å². The summed E-state index contributed by atoms with van der Waals surface area (Å²) in [5.41, 5.74) is 6.35. The number of aromatic nitrogens is 2. The van der Waals surface area contributed by atoms with Gasteiger partial charge in [0.2, 0.25) is 5.82 Å². The molecule has 17 heavy (non-hydrogen) atoms. The zero-order chi connectivity index (χ0) is 12.4. The molecule has 0 radical (unpaired) electrons. The molecule has 1 aromatic carbocycles. The van der Waals surface area contributed by atoms with E-state index in [1.807, 2.05) is 12.1 Å². The number of hydrogen-bond donors (Lipinski definition) is 1. The van der Waals surface area contributed by atoms with Crippen LogP contribution in [0.2, 0.25) is 5.02 Å². The molecule has 0 aliphatic rings. The molecule has 1 aromatic heterocycles. The van der Waals surface area contributed by atoms with Crippen LogP contribution in [0.5, 0.6) is 0 Å². The molecule has 0 amide bonds. The van der Waals surface area contributed by atoms with Crippen molar-refractivity contribution in [3.05, 3.63) is 51.2 Å². The quantitative estimate of drug-likeness (QED) is 0.669. The van der Waals surface area contributed by atoms with Crippen LogP contribution in [0.25, 0.3) is 0 Å². The molecule has 7 heteroatoms. The van der Waals surface area contributed by atoms with Crippen LogP contribution in [0.1, 0.15) is 5.56 Å². The normalized spacial score (nSPS) is 10.4. The first-order chi connectivity index (χ1) is 8.08. The highest BCUT2D eigenvalue weighted by Crippen LogP contribution is 2.21. The number of rotatable bonds is 3. The van der Waals surface area contributed by atoms with Crippen molar-refractivity contribution in [2.45, 2.75) is 6.54 Å². The molecular formula is C10H9ClN4O2. The van der Waals surface area contributed by atoms with Crippen LogP contribution in [0.3, 0.4) is 0 Å². The standard InChI is InChI=1S/C10H9ClN4O2/c11-8-3-1-7(2-4-8)6-14-10(12)9(5-13-14)15(16)17/h1-5H,6,12H2. The molecule has 0 aliphatic carbocycles. The molecule has 0 spiro atoms. The monoisotopic (exact) mass is 252 g/mol. The van der Waals surface area contributed by atoms with E-state index in [9.17, 15) is 10.1 Å². The van der Waals surface area contributed by atoms with E-state index in [1.54, 1.807) is 12.1 Å². The van der Waals surface area contributed by atoms with Crippen molar-refractivity contribution >= 4 is 23.1 Å². The molecule has 88 valence electrons. The van der Waals surface area contributed by atoms with Crippen LogP contribution in [-0.4, -0.2) is 14.7 Å². The van der Waals surface area contributed by atoms with Gasteiger partial charge in [-0.05, 0) is 17.7 Å². The fraction of sp³-hybridized carbons (Fsp3) is 0.100. The summed E-state index contributed by atoms with van der Waals surface area (Å²) < 4.78 is 1.38. The van der Waals surface area contributed by atoms with Gasteiger partial charge in [0.1, 0.15) is 6.20 Å². The number of benzene rings is 1. The Bertz CT molecular complexity index is 550. The molecule has 0 aliphatic heterocycles. The lowest BCUT2D eigenvalue weighted by molar-refractivity contribution is -0.384. The Morgan fingerprint density at radius 3 is 2.59 bits per heavy atom. The smallest absolute Gasteiger partial charge is 0.330 e. The molecule has 2 N–H and O–H groups in total. The van der Waals surface area contributed by atoms with Crippen molar-refractivity contribution in [3.8, 4) is 0 Å². The number of nitrogens with zero attached hydrogens (tertiary/aromatic N) is 3. The highest BCUT2D eigenvalue weighted by Gasteiger charge is 2.17. The van der Waals surface area contributed by atoms with Crippen LogP contribution in [0.15, 0.2) is 30.5 Å². The molecule has 6 nitrogen and oxygen atoms in total. The van der Waals surface area contributed by atoms with Crippen LogP contribution < -0.4 is 5.73 Å². The number of nitro groups is 1. The minimum Gasteiger partial charge on any atom is -0.378 e. The zero-order valence-corrected chi connectivity index (χ0v) is 9.46. The lowest BCUT2D eigenvalue weighted by atomic mass is 10.2. The first-order valence-corrected chi connectivity index (χ1v) is 5.16. The van der Waals surface area contributed by atoms with Gasteiger partial charge in [0.25, 0.3) is 0 Å². The average Bonchev–Trinajstić information content (AvgIpc) is 2.64. The van der Waals surface area contributed by atoms with Gasteiger partial charge in [-0.15, -0.1) is 0 Å². The SMILES string of the molecule is Nc1c([N+](=O)[O-])cnn1Cc1ccc(Cl)cc1. The van der Waals surface area contributed by atoms with E-state index in [-0.39, 0.29) is 11.5 Å². The molecular weight excluding hydrogens is 244 g/mol. The number of hydrogen-bond acceptors (Lipinski definition) is 4. The zero-order valence-electron chi connectivity index (χ0n) is 8.71. The van der Waals surface area contributed by atoms with Gasteiger partial charge in [0, 0.05) is 5.02 Å². The Balaban J connectivity index is 2.24. The van der Waals surface area contributed by atoms with Crippen molar-refractivity contribution in [1.29, 1.82) is 0 Å². The topological polar surface area (TPSA) is 87.0 Å². The molecule has 0 saturated carbocycles. The van der Waals surface area contributed by atoms with Crippen molar-refractivity contribution < 1.29 is 4.92 Å². The van der Waals surface area contributed by atoms with E-state index >= 15 is 0 Å². The second-order valence-electron chi connectivity index (χ2n) is 3.46. The molecule has 2 aromatic rings. The Kier molecular flexibility index (Phi) is 2.97. The molecule has 0 fully saturated rings. The third-order valence-corrected chi connectivity index (χ3v) is 2.55. The molecule has 0 bridgehead atoms. The van der Waals surface area contributed by atoms with Gasteiger partial charge < -0.3 is 5.73 Å². The van der Waals surface area contributed by atoms with Gasteiger partial charge in [-0.1, -0.05) is 23.7 Å². The largest absolute Gasteiger partial charge is 0.378 e. The van der Waals surface area contributed by atoms with E-state index in [4.69, 9.17) is 17.3 Å². The molecule has 0 atom stereocenters. The average molecular weight is 253 g/mol. The number of nitrogens with two attached hydrogens (primary N) is 1. The molecule has 0 unspecified atom stereocenters. The van der Waals surface area contributed by atoms with Crippen LogP contribution >= 0.6 is 11.6 Å². The summed E-state index contributed by atoms with van der Waals surface area (Å²) in [6, 6.07) is 7.11. The fourth-order valence-corrected chi connectivity index (χ4v) is 1.54. The van der Waals surface area contributed by atoms with Gasteiger partial charge >= 0.3 is 5.69 Å². The van der Waals surface area contributed by atoms with Gasteiger partial charge in [-0.25, -0.2) is 4.68 Å². The summed E-state index contributed by atoms with van der Waals surface area (Å²) in [5, 5.41) is 15.1. The summed E-state index contributed by atoms with van der Waals surface area (Å²) in [6.07, 6.45) is 1.14. The highest BCUT2D eigenvalue weighted by atomic mass is 35.5. The van der Waals surface area contributed by atoms with Crippen LogP contribution in [-0.2, 0) is 6.54 Å². The lowest BCUT2D eigenvalue weighted by Gasteiger charge is -2.03. The summed E-state index contributed by atoms with van der Waals surface area (Å²) in [4.78, 5) is 10.0. The first kappa shape index (κ1) is 11.4. The van der Waals surface area contributed by atoms with Crippen molar-refractivity contribution in [2.75, 3.05) is 5.73 Å². The maximum atomic E-state index is 10.6. The third-order valence-electron chi connectivity index (χ3n) is 2.30. The second-order valence-corrected chi connectivity index (χ2v) is 3.89. The third kappa shape index (κ3) is 2.36. The van der Waals surface area contributed by atoms with Gasteiger partial charge in [-0.3, -0.25) is 10.1 Å². The Morgan fingerprint density at radius 1 is 1.41 bits per heavy atom. The second kappa shape index (κ2) is 4.42. The Labute approximate surface area is 102 Å². The number of halogens is 1. The lowest BCUT2D eigenvalue weighted by Crippen LogP contribution is -2.06. The van der Waals surface area contributed by atoms with Gasteiger partial charge in [-0.2, -0.15) is 5.10 Å². The first-order valence-electron chi connectivity index (χ1n) is 4.78. The number of anilines is 1.